The van der Waals surface area contributed by atoms with Gasteiger partial charge in [-0.25, -0.2) is 4.57 Å². The first-order valence-corrected chi connectivity index (χ1v) is 14.5. The molecule has 42 heavy (non-hydrogen) atoms. The van der Waals surface area contributed by atoms with Crippen LogP contribution in [0.2, 0.25) is 0 Å². The van der Waals surface area contributed by atoms with E-state index in [-0.39, 0.29) is 34.4 Å². The van der Waals surface area contributed by atoms with E-state index in [0.29, 0.717) is 0 Å². The molecule has 14 nitrogen and oxygen atoms in total. The Kier molecular flexibility index (Phi) is 7.57. The van der Waals surface area contributed by atoms with E-state index >= 15 is 0 Å². The molecule has 0 spiro atoms. The average Bonchev–Trinajstić information content (AvgIpc) is 2.90. The number of nitrogens with two attached hydrogens (primary N) is 1. The van der Waals surface area contributed by atoms with Crippen LogP contribution in [0.5, 0.6) is 17.2 Å². The first-order valence-electron chi connectivity index (χ1n) is 13.0. The number of phosphoric acid groups is 1. The number of aromatic hydroxyl groups is 2. The number of phosphoric ester groups is 1. The van der Waals surface area contributed by atoms with Crippen LogP contribution in [0.1, 0.15) is 75.8 Å². The Morgan fingerprint density at radius 3 is 2.38 bits per heavy atom. The van der Waals surface area contributed by atoms with Crippen LogP contribution in [0.15, 0.2) is 18.2 Å². The molecular formula is C27H30NO13P. The zero-order valence-electron chi connectivity index (χ0n) is 22.8. The van der Waals surface area contributed by atoms with Gasteiger partial charge in [-0.05, 0) is 19.9 Å². The zero-order valence-corrected chi connectivity index (χ0v) is 23.7. The number of ether oxygens (including phenoxy) is 3. The van der Waals surface area contributed by atoms with Gasteiger partial charge in [-0.15, -0.1) is 0 Å². The number of benzene rings is 2. The highest BCUT2D eigenvalue weighted by Crippen LogP contribution is 2.52. The summed E-state index contributed by atoms with van der Waals surface area (Å²) in [5, 5.41) is 34.2. The number of carbonyl (C=O) groups excluding carboxylic acids is 3. The van der Waals surface area contributed by atoms with Gasteiger partial charge >= 0.3 is 7.82 Å². The Bertz CT molecular complexity index is 1540. The molecule has 1 aliphatic heterocycles. The first kappa shape index (κ1) is 30.3. The van der Waals surface area contributed by atoms with Crippen molar-refractivity contribution in [1.29, 1.82) is 0 Å². The Morgan fingerprint density at radius 1 is 1.12 bits per heavy atom. The van der Waals surface area contributed by atoms with Crippen molar-refractivity contribution in [3.05, 3.63) is 51.6 Å². The van der Waals surface area contributed by atoms with E-state index in [1.807, 2.05) is 0 Å². The topological polar surface area (TPSA) is 232 Å². The highest BCUT2D eigenvalue weighted by Gasteiger charge is 2.49. The number of fused-ring (bicyclic) bond motifs is 3. The average molecular weight is 608 g/mol. The van der Waals surface area contributed by atoms with E-state index in [1.54, 1.807) is 0 Å². The molecule has 3 aliphatic rings. The van der Waals surface area contributed by atoms with E-state index in [9.17, 15) is 44.1 Å². The molecule has 1 heterocycles. The van der Waals surface area contributed by atoms with Crippen LogP contribution in [0.25, 0.3) is 0 Å². The Labute approximate surface area is 239 Å². The number of Topliss-reactive ketones (excluding diaryl/α,β-unsaturated/α-hetero) is 1. The third kappa shape index (κ3) is 4.93. The summed E-state index contributed by atoms with van der Waals surface area (Å²) < 4.78 is 33.2. The van der Waals surface area contributed by atoms with Crippen molar-refractivity contribution in [2.45, 2.75) is 69.4 Å². The number of phenols is 2. The molecule has 5 rings (SSSR count). The molecule has 0 saturated carbocycles. The number of hydrogen-bond acceptors (Lipinski definition) is 12. The third-order valence-electron chi connectivity index (χ3n) is 8.02. The minimum atomic E-state index is -4.90. The van der Waals surface area contributed by atoms with Crippen LogP contribution in [0.4, 0.5) is 0 Å². The molecular weight excluding hydrogens is 577 g/mol. The summed E-state index contributed by atoms with van der Waals surface area (Å²) in [5.74, 6) is -3.53. The van der Waals surface area contributed by atoms with E-state index in [1.165, 1.54) is 32.2 Å². The van der Waals surface area contributed by atoms with Gasteiger partial charge in [0.25, 0.3) is 0 Å². The van der Waals surface area contributed by atoms with Gasteiger partial charge < -0.3 is 45.1 Å². The normalized spacial score (nSPS) is 29.0. The summed E-state index contributed by atoms with van der Waals surface area (Å²) in [4.78, 5) is 58.2. The van der Waals surface area contributed by atoms with Crippen LogP contribution in [-0.4, -0.2) is 79.7 Å². The van der Waals surface area contributed by atoms with Crippen LogP contribution < -0.4 is 10.5 Å². The molecule has 2 aromatic carbocycles. The lowest BCUT2D eigenvalue weighted by Crippen LogP contribution is -2.53. The molecule has 2 aromatic rings. The number of rotatable bonds is 6. The van der Waals surface area contributed by atoms with Crippen molar-refractivity contribution >= 4 is 25.2 Å². The zero-order chi connectivity index (χ0) is 30.9. The molecule has 226 valence electrons. The summed E-state index contributed by atoms with van der Waals surface area (Å²) >= 11 is 0. The fourth-order valence-electron chi connectivity index (χ4n) is 5.97. The minimum Gasteiger partial charge on any atom is -0.507 e. The van der Waals surface area contributed by atoms with E-state index in [2.05, 4.69) is 0 Å². The van der Waals surface area contributed by atoms with Gasteiger partial charge in [0.15, 0.2) is 17.9 Å². The van der Waals surface area contributed by atoms with Crippen molar-refractivity contribution in [1.82, 2.24) is 0 Å². The van der Waals surface area contributed by atoms with Crippen molar-refractivity contribution in [3.63, 3.8) is 0 Å². The number of phenolic OH excluding ortho intramolecular Hbond substituents is 2. The highest BCUT2D eigenvalue weighted by atomic mass is 31.2. The van der Waals surface area contributed by atoms with Crippen molar-refractivity contribution in [2.75, 3.05) is 7.11 Å². The molecule has 2 aliphatic carbocycles. The number of ketones is 3. The van der Waals surface area contributed by atoms with Crippen molar-refractivity contribution < 1.29 is 62.8 Å². The second-order valence-electron chi connectivity index (χ2n) is 10.7. The standard InChI is InChI=1S/C27H30NO13P/c1-10-26(41-42(35,36)37)14(28)7-17(39-10)40-16-9-27(34,11(2)29)8-13-19(16)25(33)21-20(23(13)31)22(30)12-5-4-6-15(38-3)18(12)24(21)32/h4-6,10,14,16-17,26,31,33-34H,7-9,28H2,1-3H3,(H2,35,36,37)/t10-,14+,16-,17-,26+,27-/m0/s1. The monoisotopic (exact) mass is 607 g/mol. The van der Waals surface area contributed by atoms with Crippen molar-refractivity contribution in [3.8, 4) is 17.2 Å². The molecule has 1 fully saturated rings. The third-order valence-corrected chi connectivity index (χ3v) is 8.54. The summed E-state index contributed by atoms with van der Waals surface area (Å²) in [6.45, 7) is 2.58. The molecule has 7 N–H and O–H groups in total. The molecule has 15 heteroatoms. The number of methoxy groups -OCH3 is 1. The summed E-state index contributed by atoms with van der Waals surface area (Å²) in [6.07, 6.45) is -5.78. The van der Waals surface area contributed by atoms with E-state index < -0.39 is 96.9 Å². The second-order valence-corrected chi connectivity index (χ2v) is 11.9. The van der Waals surface area contributed by atoms with E-state index in [0.717, 1.165) is 6.92 Å². The molecule has 6 atom stereocenters. The highest BCUT2D eigenvalue weighted by molar-refractivity contribution is 7.46. The number of aliphatic hydroxyl groups is 1. The Hall–Kier alpha value is -3.20. The van der Waals surface area contributed by atoms with Gasteiger partial charge in [0.1, 0.15) is 29.0 Å². The van der Waals surface area contributed by atoms with Crippen LogP contribution in [0, 0.1) is 0 Å². The Morgan fingerprint density at radius 2 is 1.79 bits per heavy atom. The van der Waals surface area contributed by atoms with Crippen LogP contribution in [-0.2, 0) is 29.8 Å². The molecule has 0 aromatic heterocycles. The van der Waals surface area contributed by atoms with Gasteiger partial charge in [0.2, 0.25) is 5.78 Å². The van der Waals surface area contributed by atoms with E-state index in [4.69, 9.17) is 24.5 Å². The lowest BCUT2D eigenvalue weighted by atomic mass is 9.72. The SMILES string of the molecule is COc1cccc2c1C(=O)c1c(O)c3c(c(O)c1C2=O)C[C@@](O)(C(C)=O)C[C@@H]3O[C@H]1C[C@@H](N)[C@H](OP(=O)(O)O)[C@H](C)O1. The first-order chi connectivity index (χ1) is 19.6. The Balaban J connectivity index is 1.60. The van der Waals surface area contributed by atoms with Crippen molar-refractivity contribution in [2.24, 2.45) is 5.73 Å². The molecule has 0 bridgehead atoms. The summed E-state index contributed by atoms with van der Waals surface area (Å²) in [7, 11) is -3.59. The molecule has 1 saturated heterocycles. The van der Waals surface area contributed by atoms with Gasteiger partial charge in [0, 0.05) is 42.0 Å². The van der Waals surface area contributed by atoms with Gasteiger partial charge in [-0.1, -0.05) is 12.1 Å². The molecule has 0 unspecified atom stereocenters. The molecule has 0 amide bonds. The lowest BCUT2D eigenvalue weighted by Gasteiger charge is -2.42. The van der Waals surface area contributed by atoms with Gasteiger partial charge in [-0.3, -0.25) is 18.9 Å². The predicted octanol–water partition coefficient (Wildman–Crippen LogP) is 1.15. The smallest absolute Gasteiger partial charge is 0.469 e. The summed E-state index contributed by atoms with van der Waals surface area (Å²) in [6, 6.07) is 3.36. The summed E-state index contributed by atoms with van der Waals surface area (Å²) in [5.41, 5.74) is 2.59. The fourth-order valence-corrected chi connectivity index (χ4v) is 6.62. The second kappa shape index (κ2) is 10.5. The minimum absolute atomic E-state index is 0.0578. The largest absolute Gasteiger partial charge is 0.507 e. The fraction of sp³-hybridized carbons (Fsp3) is 0.444. The van der Waals surface area contributed by atoms with Gasteiger partial charge in [-0.2, -0.15) is 0 Å². The van der Waals surface area contributed by atoms with Crippen LogP contribution >= 0.6 is 7.82 Å². The van der Waals surface area contributed by atoms with Gasteiger partial charge in [0.05, 0.1) is 36.0 Å². The number of hydrogen-bond donors (Lipinski definition) is 6. The predicted molar refractivity (Wildman–Crippen MR) is 141 cm³/mol. The maximum absolute atomic E-state index is 13.7. The van der Waals surface area contributed by atoms with Crippen LogP contribution in [0.3, 0.4) is 0 Å². The maximum Gasteiger partial charge on any atom is 0.469 e. The number of carbonyl (C=O) groups is 3. The lowest BCUT2D eigenvalue weighted by molar-refractivity contribution is -0.245. The molecule has 0 radical (unpaired) electrons. The quantitative estimate of drug-likeness (QED) is 0.170. The maximum atomic E-state index is 13.7.